The van der Waals surface area contributed by atoms with Crippen LogP contribution in [-0.2, 0) is 0 Å². The largest absolute Gasteiger partial charge is 0.360 e. The van der Waals surface area contributed by atoms with Crippen molar-refractivity contribution in [3.05, 3.63) is 69.8 Å². The molecule has 4 nitrogen and oxygen atoms in total. The van der Waals surface area contributed by atoms with Gasteiger partial charge in [0.1, 0.15) is 0 Å². The summed E-state index contributed by atoms with van der Waals surface area (Å²) in [5.74, 6) is -0.266. The molecule has 1 N–H and O–H groups in total. The number of benzene rings is 2. The first-order valence-corrected chi connectivity index (χ1v) is 10.2. The van der Waals surface area contributed by atoms with Crippen molar-refractivity contribution < 1.29 is 4.79 Å². The smallest absolute Gasteiger partial charge is 0.271 e. The maximum Gasteiger partial charge on any atom is 0.271 e. The van der Waals surface area contributed by atoms with Crippen LogP contribution in [-0.4, -0.2) is 23.7 Å². The first kappa shape index (κ1) is 21.1. The highest BCUT2D eigenvalue weighted by Gasteiger charge is 2.33. The van der Waals surface area contributed by atoms with Crippen LogP contribution in [0.25, 0.3) is 5.57 Å². The molecule has 2 aromatic rings. The van der Waals surface area contributed by atoms with Crippen molar-refractivity contribution in [2.45, 2.75) is 53.1 Å². The van der Waals surface area contributed by atoms with E-state index in [0.29, 0.717) is 16.6 Å². The number of carbonyl (C=O) groups is 1. The average molecular weight is 410 g/mol. The van der Waals surface area contributed by atoms with Crippen LogP contribution in [0.5, 0.6) is 0 Å². The summed E-state index contributed by atoms with van der Waals surface area (Å²) in [6, 6.07) is 11.5. The van der Waals surface area contributed by atoms with E-state index in [4.69, 9.17) is 11.6 Å². The molecule has 29 heavy (non-hydrogen) atoms. The van der Waals surface area contributed by atoms with Crippen LogP contribution in [0.4, 0.5) is 5.69 Å². The quantitative estimate of drug-likeness (QED) is 0.510. The third-order valence-electron chi connectivity index (χ3n) is 5.25. The number of anilines is 1. The molecular weight excluding hydrogens is 382 g/mol. The molecule has 0 spiro atoms. The second-order valence-electron chi connectivity index (χ2n) is 8.38. The predicted molar refractivity (Wildman–Crippen MR) is 123 cm³/mol. The van der Waals surface area contributed by atoms with Crippen LogP contribution in [0, 0.1) is 6.92 Å². The van der Waals surface area contributed by atoms with Crippen LogP contribution in [0.15, 0.2) is 47.6 Å². The van der Waals surface area contributed by atoms with Crippen molar-refractivity contribution >= 4 is 35.0 Å². The van der Waals surface area contributed by atoms with E-state index in [1.165, 1.54) is 16.8 Å². The van der Waals surface area contributed by atoms with E-state index < -0.39 is 0 Å². The fraction of sp³-hybridized carbons (Fsp3) is 0.333. The lowest BCUT2D eigenvalue weighted by molar-refractivity contribution is 0.0955. The highest BCUT2D eigenvalue weighted by Crippen LogP contribution is 2.41. The van der Waals surface area contributed by atoms with Gasteiger partial charge in [0.05, 0.1) is 11.8 Å². The molecule has 152 valence electrons. The maximum absolute atomic E-state index is 12.2. The summed E-state index contributed by atoms with van der Waals surface area (Å²) in [5.41, 5.74) is 8.86. The van der Waals surface area contributed by atoms with Gasteiger partial charge in [-0.2, -0.15) is 5.10 Å². The summed E-state index contributed by atoms with van der Waals surface area (Å²) in [6.45, 7) is 13.2. The fourth-order valence-corrected chi connectivity index (χ4v) is 4.25. The van der Waals surface area contributed by atoms with Crippen molar-refractivity contribution in [3.8, 4) is 0 Å². The zero-order valence-corrected chi connectivity index (χ0v) is 18.6. The number of hydrogen-bond acceptors (Lipinski definition) is 3. The second-order valence-corrected chi connectivity index (χ2v) is 8.81. The Morgan fingerprint density at radius 2 is 1.83 bits per heavy atom. The average Bonchev–Trinajstić information content (AvgIpc) is 2.62. The molecule has 0 aromatic heterocycles. The van der Waals surface area contributed by atoms with Gasteiger partial charge in [-0.3, -0.25) is 4.79 Å². The first-order chi connectivity index (χ1) is 13.6. The molecule has 0 saturated heterocycles. The summed E-state index contributed by atoms with van der Waals surface area (Å²) < 4.78 is 0. The Kier molecular flexibility index (Phi) is 5.85. The van der Waals surface area contributed by atoms with Crippen molar-refractivity contribution in [2.24, 2.45) is 5.10 Å². The Labute approximate surface area is 178 Å². The summed E-state index contributed by atoms with van der Waals surface area (Å²) in [5, 5.41) is 4.76. The molecule has 0 fully saturated rings. The van der Waals surface area contributed by atoms with Gasteiger partial charge in [0.15, 0.2) is 0 Å². The minimum absolute atomic E-state index is 0.0418. The predicted octanol–water partition coefficient (Wildman–Crippen LogP) is 5.82. The number of hydrazone groups is 1. The molecular formula is C24H28ClN3O. The highest BCUT2D eigenvalue weighted by molar-refractivity contribution is 6.30. The molecule has 2 aromatic carbocycles. The van der Waals surface area contributed by atoms with E-state index in [1.807, 2.05) is 0 Å². The van der Waals surface area contributed by atoms with Crippen molar-refractivity contribution in [1.29, 1.82) is 0 Å². The number of carbonyl (C=O) groups excluding carboxylic acids is 1. The van der Waals surface area contributed by atoms with Gasteiger partial charge in [0.2, 0.25) is 0 Å². The second kappa shape index (κ2) is 8.03. The van der Waals surface area contributed by atoms with Crippen molar-refractivity contribution in [1.82, 2.24) is 5.43 Å². The zero-order valence-electron chi connectivity index (χ0n) is 17.9. The minimum atomic E-state index is -0.266. The standard InChI is InChI=1S/C24H28ClN3O/c1-15(2)28-22-11-16(3)19(12-21(22)17(4)13-24(28,5)6)14-26-27-23(29)18-7-9-20(25)10-8-18/h7-15H,1-6H3,(H,27,29)/b26-14-. The van der Waals surface area contributed by atoms with Crippen LogP contribution in [0.3, 0.4) is 0 Å². The Morgan fingerprint density at radius 3 is 2.45 bits per heavy atom. The number of halogens is 1. The number of aryl methyl sites for hydroxylation is 1. The zero-order chi connectivity index (χ0) is 21.3. The SMILES string of the molecule is CC1=CC(C)(C)N(C(C)C)c2cc(C)c(/C=N\NC(=O)c3ccc(Cl)cc3)cc21. The molecule has 1 heterocycles. The summed E-state index contributed by atoms with van der Waals surface area (Å²) in [4.78, 5) is 14.7. The van der Waals surface area contributed by atoms with Gasteiger partial charge < -0.3 is 4.90 Å². The minimum Gasteiger partial charge on any atom is -0.360 e. The lowest BCUT2D eigenvalue weighted by atomic mass is 9.86. The maximum atomic E-state index is 12.2. The van der Waals surface area contributed by atoms with Crippen LogP contribution in [0.2, 0.25) is 5.02 Å². The normalized spacial score (nSPS) is 15.4. The molecule has 0 unspecified atom stereocenters. The Morgan fingerprint density at radius 1 is 1.17 bits per heavy atom. The van der Waals surface area contributed by atoms with Crippen molar-refractivity contribution in [2.75, 3.05) is 4.90 Å². The number of nitrogens with one attached hydrogen (secondary N) is 1. The number of fused-ring (bicyclic) bond motifs is 1. The van der Waals surface area contributed by atoms with Gasteiger partial charge in [-0.25, -0.2) is 5.43 Å². The number of allylic oxidation sites excluding steroid dienone is 1. The molecule has 0 aliphatic carbocycles. The number of rotatable bonds is 4. The molecule has 0 bridgehead atoms. The first-order valence-electron chi connectivity index (χ1n) is 9.83. The topological polar surface area (TPSA) is 44.7 Å². The van der Waals surface area contributed by atoms with Gasteiger partial charge in [0, 0.05) is 27.9 Å². The fourth-order valence-electron chi connectivity index (χ4n) is 4.12. The van der Waals surface area contributed by atoms with Gasteiger partial charge >= 0.3 is 0 Å². The van der Waals surface area contributed by atoms with Crippen molar-refractivity contribution in [3.63, 3.8) is 0 Å². The van der Waals surface area contributed by atoms with E-state index in [-0.39, 0.29) is 11.4 Å². The molecule has 3 rings (SSSR count). The van der Waals surface area contributed by atoms with Gasteiger partial charge in [0.25, 0.3) is 5.91 Å². The molecule has 0 saturated carbocycles. The number of amides is 1. The molecule has 5 heteroatoms. The van der Waals surface area contributed by atoms with E-state index in [0.717, 1.165) is 11.1 Å². The van der Waals surface area contributed by atoms with Crippen LogP contribution < -0.4 is 10.3 Å². The van der Waals surface area contributed by atoms with E-state index in [9.17, 15) is 4.79 Å². The summed E-state index contributed by atoms with van der Waals surface area (Å²) in [7, 11) is 0. The van der Waals surface area contributed by atoms with Gasteiger partial charge in [-0.15, -0.1) is 0 Å². The van der Waals surface area contributed by atoms with E-state index in [1.54, 1.807) is 30.5 Å². The molecule has 0 atom stereocenters. The molecule has 1 aliphatic heterocycles. The van der Waals surface area contributed by atoms with E-state index >= 15 is 0 Å². The van der Waals surface area contributed by atoms with Crippen LogP contribution in [0.1, 0.15) is 61.7 Å². The Balaban J connectivity index is 1.87. The summed E-state index contributed by atoms with van der Waals surface area (Å²) >= 11 is 5.87. The number of hydrogen-bond donors (Lipinski definition) is 1. The summed E-state index contributed by atoms with van der Waals surface area (Å²) in [6.07, 6.45) is 4.02. The molecule has 1 aliphatic rings. The number of nitrogens with zero attached hydrogens (tertiary/aromatic N) is 2. The van der Waals surface area contributed by atoms with Crippen LogP contribution >= 0.6 is 11.6 Å². The Hall–Kier alpha value is -2.59. The Bertz CT molecular complexity index is 988. The lowest BCUT2D eigenvalue weighted by Gasteiger charge is -2.46. The lowest BCUT2D eigenvalue weighted by Crippen LogP contribution is -2.49. The third kappa shape index (κ3) is 4.38. The highest BCUT2D eigenvalue weighted by atomic mass is 35.5. The monoisotopic (exact) mass is 409 g/mol. The molecule has 0 radical (unpaired) electrons. The van der Waals surface area contributed by atoms with Gasteiger partial charge in [-0.05, 0) is 94.6 Å². The molecule has 1 amide bonds. The van der Waals surface area contributed by atoms with Gasteiger partial charge in [-0.1, -0.05) is 17.7 Å². The van der Waals surface area contributed by atoms with E-state index in [2.05, 4.69) is 75.2 Å². The third-order valence-corrected chi connectivity index (χ3v) is 5.50.